The minimum atomic E-state index is -0.342. The number of hydrogen-bond acceptors (Lipinski definition) is 4. The summed E-state index contributed by atoms with van der Waals surface area (Å²) in [5.74, 6) is 5.46. The zero-order chi connectivity index (χ0) is 13.8. The summed E-state index contributed by atoms with van der Waals surface area (Å²) in [7, 11) is 0. The number of nitrogens with zero attached hydrogens (tertiary/aromatic N) is 1. The first-order valence-electron chi connectivity index (χ1n) is 5.29. The molecule has 0 bridgehead atoms. The lowest BCUT2D eigenvalue weighted by molar-refractivity contribution is 0.102. The summed E-state index contributed by atoms with van der Waals surface area (Å²) in [5.41, 5.74) is 3.28. The summed E-state index contributed by atoms with van der Waals surface area (Å²) in [5, 5.41) is 3.11. The zero-order valence-electron chi connectivity index (χ0n) is 9.65. The molecule has 0 saturated heterocycles. The Balaban J connectivity index is 2.24. The first-order chi connectivity index (χ1) is 9.10. The smallest absolute Gasteiger partial charge is 0.259 e. The molecule has 1 aromatic carbocycles. The zero-order valence-corrected chi connectivity index (χ0v) is 12.0. The van der Waals surface area contributed by atoms with Crippen molar-refractivity contribution >= 4 is 44.9 Å². The van der Waals surface area contributed by atoms with E-state index in [0.29, 0.717) is 22.1 Å². The van der Waals surface area contributed by atoms with Gasteiger partial charge < -0.3 is 10.7 Å². The van der Waals surface area contributed by atoms with Crippen LogP contribution in [0.1, 0.15) is 10.4 Å². The van der Waals surface area contributed by atoms with E-state index in [-0.39, 0.29) is 5.91 Å². The SMILES string of the molecule is NNc1ccc(Cl)cc1C(=O)Nc1ccc(Br)cn1. The maximum Gasteiger partial charge on any atom is 0.259 e. The van der Waals surface area contributed by atoms with Crippen LogP contribution in [-0.4, -0.2) is 10.9 Å². The lowest BCUT2D eigenvalue weighted by Crippen LogP contribution is -2.17. The summed E-state index contributed by atoms with van der Waals surface area (Å²) in [6, 6.07) is 8.27. The maximum absolute atomic E-state index is 12.1. The van der Waals surface area contributed by atoms with E-state index >= 15 is 0 Å². The van der Waals surface area contributed by atoms with Crippen LogP contribution >= 0.6 is 27.5 Å². The second-order valence-corrected chi connectivity index (χ2v) is 5.00. The summed E-state index contributed by atoms with van der Waals surface area (Å²) in [4.78, 5) is 16.2. The van der Waals surface area contributed by atoms with Gasteiger partial charge in [-0.05, 0) is 46.3 Å². The van der Waals surface area contributed by atoms with Crippen molar-refractivity contribution in [3.8, 4) is 0 Å². The number of pyridine rings is 1. The average Bonchev–Trinajstić information content (AvgIpc) is 2.41. The average molecular weight is 342 g/mol. The number of aromatic nitrogens is 1. The van der Waals surface area contributed by atoms with E-state index in [1.54, 1.807) is 30.5 Å². The van der Waals surface area contributed by atoms with Crippen molar-refractivity contribution in [2.24, 2.45) is 5.84 Å². The number of nitrogens with one attached hydrogen (secondary N) is 2. The molecule has 0 saturated carbocycles. The van der Waals surface area contributed by atoms with Gasteiger partial charge in [0.25, 0.3) is 5.91 Å². The molecule has 0 fully saturated rings. The van der Waals surface area contributed by atoms with Crippen LogP contribution in [0.25, 0.3) is 0 Å². The number of hydrogen-bond donors (Lipinski definition) is 3. The highest BCUT2D eigenvalue weighted by atomic mass is 79.9. The Kier molecular flexibility index (Phi) is 4.36. The molecule has 0 unspecified atom stereocenters. The van der Waals surface area contributed by atoms with Gasteiger partial charge in [-0.3, -0.25) is 10.6 Å². The van der Waals surface area contributed by atoms with Crippen LogP contribution < -0.4 is 16.6 Å². The van der Waals surface area contributed by atoms with E-state index in [9.17, 15) is 4.79 Å². The molecule has 2 rings (SSSR count). The van der Waals surface area contributed by atoms with Crippen molar-refractivity contribution in [3.63, 3.8) is 0 Å². The van der Waals surface area contributed by atoms with Gasteiger partial charge in [-0.1, -0.05) is 11.6 Å². The molecule has 5 nitrogen and oxygen atoms in total. The van der Waals surface area contributed by atoms with Crippen LogP contribution in [0.4, 0.5) is 11.5 Å². The van der Waals surface area contributed by atoms with E-state index in [1.807, 2.05) is 0 Å². The van der Waals surface area contributed by atoms with E-state index < -0.39 is 0 Å². The molecule has 0 aliphatic carbocycles. The van der Waals surface area contributed by atoms with Gasteiger partial charge in [-0.15, -0.1) is 0 Å². The second kappa shape index (κ2) is 6.01. The number of amides is 1. The highest BCUT2D eigenvalue weighted by Crippen LogP contribution is 2.21. The van der Waals surface area contributed by atoms with Crippen LogP contribution in [0.3, 0.4) is 0 Å². The molecule has 2 aromatic rings. The van der Waals surface area contributed by atoms with Gasteiger partial charge in [0.05, 0.1) is 11.3 Å². The lowest BCUT2D eigenvalue weighted by Gasteiger charge is -2.09. The molecule has 1 aromatic heterocycles. The van der Waals surface area contributed by atoms with Crippen LogP contribution in [0.5, 0.6) is 0 Å². The Labute approximate surface area is 123 Å². The second-order valence-electron chi connectivity index (χ2n) is 3.65. The highest BCUT2D eigenvalue weighted by Gasteiger charge is 2.12. The maximum atomic E-state index is 12.1. The highest BCUT2D eigenvalue weighted by molar-refractivity contribution is 9.10. The molecular weight excluding hydrogens is 332 g/mol. The van der Waals surface area contributed by atoms with Crippen LogP contribution in [-0.2, 0) is 0 Å². The molecule has 0 radical (unpaired) electrons. The van der Waals surface area contributed by atoms with Gasteiger partial charge in [0.15, 0.2) is 0 Å². The monoisotopic (exact) mass is 340 g/mol. The van der Waals surface area contributed by atoms with Crippen molar-refractivity contribution in [1.82, 2.24) is 4.98 Å². The third-order valence-corrected chi connectivity index (χ3v) is 3.05. The van der Waals surface area contributed by atoms with Crippen molar-refractivity contribution < 1.29 is 4.79 Å². The fourth-order valence-corrected chi connectivity index (χ4v) is 1.87. The van der Waals surface area contributed by atoms with Crippen molar-refractivity contribution in [1.29, 1.82) is 0 Å². The molecule has 0 aliphatic rings. The lowest BCUT2D eigenvalue weighted by atomic mass is 10.1. The van der Waals surface area contributed by atoms with Crippen molar-refractivity contribution in [2.45, 2.75) is 0 Å². The number of nitrogens with two attached hydrogens (primary N) is 1. The van der Waals surface area contributed by atoms with Gasteiger partial charge in [0, 0.05) is 15.7 Å². The van der Waals surface area contributed by atoms with Gasteiger partial charge >= 0.3 is 0 Å². The predicted molar refractivity (Wildman–Crippen MR) is 79.2 cm³/mol. The van der Waals surface area contributed by atoms with Crippen LogP contribution in [0.2, 0.25) is 5.02 Å². The topological polar surface area (TPSA) is 80.0 Å². The number of rotatable bonds is 3. The standard InChI is InChI=1S/C12H10BrClN4O/c13-7-1-4-11(16-6-7)17-12(19)9-5-8(14)2-3-10(9)18-15/h1-6,18H,15H2,(H,16,17,19). The van der Waals surface area contributed by atoms with E-state index in [1.165, 1.54) is 6.07 Å². The van der Waals surface area contributed by atoms with E-state index in [2.05, 4.69) is 31.7 Å². The quantitative estimate of drug-likeness (QED) is 0.592. The molecule has 19 heavy (non-hydrogen) atoms. The minimum Gasteiger partial charge on any atom is -0.323 e. The number of carbonyl (C=O) groups is 1. The molecular formula is C12H10BrClN4O. The number of nitrogen functional groups attached to an aromatic ring is 1. The third kappa shape index (κ3) is 3.44. The molecule has 0 spiro atoms. The Hall–Kier alpha value is -1.63. The largest absolute Gasteiger partial charge is 0.323 e. The molecule has 0 aliphatic heterocycles. The van der Waals surface area contributed by atoms with E-state index in [0.717, 1.165) is 4.47 Å². The van der Waals surface area contributed by atoms with E-state index in [4.69, 9.17) is 17.4 Å². The molecule has 1 amide bonds. The number of halogens is 2. The molecule has 0 atom stereocenters. The molecule has 4 N–H and O–H groups in total. The van der Waals surface area contributed by atoms with Gasteiger partial charge in [0.1, 0.15) is 5.82 Å². The first kappa shape index (κ1) is 13.8. The first-order valence-corrected chi connectivity index (χ1v) is 6.46. The number of hydrazine groups is 1. The van der Waals surface area contributed by atoms with Gasteiger partial charge in [0.2, 0.25) is 0 Å². The number of benzene rings is 1. The van der Waals surface area contributed by atoms with Gasteiger partial charge in [-0.25, -0.2) is 4.98 Å². The Morgan fingerprint density at radius 1 is 1.32 bits per heavy atom. The normalized spacial score (nSPS) is 10.1. The van der Waals surface area contributed by atoms with Crippen LogP contribution in [0.15, 0.2) is 41.0 Å². The minimum absolute atomic E-state index is 0.342. The van der Waals surface area contributed by atoms with Gasteiger partial charge in [-0.2, -0.15) is 0 Å². The molecule has 98 valence electrons. The summed E-state index contributed by atoms with van der Waals surface area (Å²) < 4.78 is 0.831. The van der Waals surface area contributed by atoms with Crippen molar-refractivity contribution in [2.75, 3.05) is 10.7 Å². The molecule has 1 heterocycles. The Morgan fingerprint density at radius 3 is 2.74 bits per heavy atom. The third-order valence-electron chi connectivity index (χ3n) is 2.35. The fraction of sp³-hybridized carbons (Fsp3) is 0. The Bertz CT molecular complexity index is 603. The summed E-state index contributed by atoms with van der Waals surface area (Å²) in [6.07, 6.45) is 1.59. The number of carbonyl (C=O) groups excluding carboxylic acids is 1. The Morgan fingerprint density at radius 2 is 2.11 bits per heavy atom. The summed E-state index contributed by atoms with van der Waals surface area (Å²) in [6.45, 7) is 0. The van der Waals surface area contributed by atoms with Crippen LogP contribution in [0, 0.1) is 0 Å². The summed E-state index contributed by atoms with van der Waals surface area (Å²) >= 11 is 9.14. The predicted octanol–water partition coefficient (Wildman–Crippen LogP) is 3.04. The number of anilines is 2. The molecule has 7 heteroatoms. The fourth-order valence-electron chi connectivity index (χ4n) is 1.46. The van der Waals surface area contributed by atoms with Crippen molar-refractivity contribution in [3.05, 3.63) is 51.6 Å².